The number of Topliss-reactive ketones (excluding diaryl/α,β-unsaturated/α-hetero) is 1. The number of hydrogen-bond acceptors (Lipinski definition) is 7. The Balaban J connectivity index is 1.58. The van der Waals surface area contributed by atoms with Crippen LogP contribution in [0.4, 0.5) is 0 Å². The van der Waals surface area contributed by atoms with Crippen molar-refractivity contribution >= 4 is 25.8 Å². The van der Waals surface area contributed by atoms with Gasteiger partial charge in [-0.3, -0.25) is 19.4 Å². The van der Waals surface area contributed by atoms with Crippen LogP contribution in [0.25, 0.3) is 0 Å². The predicted octanol–water partition coefficient (Wildman–Crippen LogP) is 3.84. The molecule has 4 atom stereocenters. The van der Waals surface area contributed by atoms with Gasteiger partial charge in [0.15, 0.2) is 0 Å². The number of aromatic hydroxyl groups is 1. The van der Waals surface area contributed by atoms with Crippen LogP contribution < -0.4 is 0 Å². The molecule has 1 fully saturated rings. The van der Waals surface area contributed by atoms with E-state index in [1.165, 1.54) is 6.07 Å². The fourth-order valence-corrected chi connectivity index (χ4v) is 5.73. The molecule has 1 N–H and O–H groups in total. The largest absolute Gasteiger partial charge is 0.508 e. The molecule has 1 heterocycles. The first kappa shape index (κ1) is 24.1. The molecule has 180 valence electrons. The van der Waals surface area contributed by atoms with Crippen molar-refractivity contribution in [3.63, 3.8) is 0 Å². The lowest BCUT2D eigenvalue weighted by Crippen LogP contribution is -2.50. The zero-order valence-electron chi connectivity index (χ0n) is 19.8. The molecule has 2 aromatic rings. The zero-order valence-corrected chi connectivity index (χ0v) is 20.8. The van der Waals surface area contributed by atoms with Gasteiger partial charge >= 0.3 is 11.9 Å². The minimum absolute atomic E-state index is 0.0237. The van der Waals surface area contributed by atoms with Crippen LogP contribution >= 0.6 is 0 Å². The van der Waals surface area contributed by atoms with Crippen molar-refractivity contribution in [2.24, 2.45) is 11.8 Å². The number of ketones is 1. The third kappa shape index (κ3) is 5.06. The van der Waals surface area contributed by atoms with E-state index in [2.05, 4.69) is 24.6 Å². The molecule has 0 amide bonds. The second kappa shape index (κ2) is 9.70. The molecule has 2 bridgehead atoms. The summed E-state index contributed by atoms with van der Waals surface area (Å²) in [5.41, 5.74) is 2.22. The number of phenols is 1. The molecular weight excluding hydrogens is 450 g/mol. The predicted molar refractivity (Wildman–Crippen MR) is 128 cm³/mol. The Labute approximate surface area is 200 Å². The fraction of sp³-hybridized carbons (Fsp3) is 0.462. The van der Waals surface area contributed by atoms with Crippen LogP contribution in [0.5, 0.6) is 5.75 Å². The maximum absolute atomic E-state index is 13.3. The van der Waals surface area contributed by atoms with E-state index in [-0.39, 0.29) is 24.6 Å². The number of ether oxygens (including phenoxy) is 2. The van der Waals surface area contributed by atoms with Crippen molar-refractivity contribution in [3.8, 4) is 5.75 Å². The molecule has 1 aromatic heterocycles. The minimum atomic E-state index is -1.41. The smallest absolute Gasteiger partial charge is 0.310 e. The molecule has 0 radical (unpaired) electrons. The number of benzene rings is 1. The van der Waals surface area contributed by atoms with Crippen LogP contribution in [0.2, 0.25) is 25.7 Å². The van der Waals surface area contributed by atoms with Crippen LogP contribution in [0.1, 0.15) is 35.1 Å². The summed E-state index contributed by atoms with van der Waals surface area (Å²) in [5, 5.41) is 10.0. The average Bonchev–Trinajstić information content (AvgIpc) is 2.78. The van der Waals surface area contributed by atoms with Crippen molar-refractivity contribution in [3.05, 3.63) is 59.4 Å². The van der Waals surface area contributed by atoms with Crippen molar-refractivity contribution in [2.45, 2.75) is 50.4 Å². The average molecular weight is 482 g/mol. The molecule has 1 unspecified atom stereocenters. The molecule has 8 heteroatoms. The molecular formula is C26H31NO6Si. The second-order valence-electron chi connectivity index (χ2n) is 10.3. The van der Waals surface area contributed by atoms with E-state index < -0.39 is 43.7 Å². The maximum atomic E-state index is 13.3. The van der Waals surface area contributed by atoms with Crippen molar-refractivity contribution in [1.29, 1.82) is 0 Å². The first-order valence-corrected chi connectivity index (χ1v) is 15.4. The Kier molecular flexibility index (Phi) is 6.88. The van der Waals surface area contributed by atoms with Gasteiger partial charge in [0.2, 0.25) is 0 Å². The van der Waals surface area contributed by atoms with Gasteiger partial charge in [0.1, 0.15) is 11.5 Å². The SMILES string of the molecule is C[Si](C)(C)CCOC(=O)[C@@H]1C2CC(=O)[C@@H](c3cc(O)ccc32)[C@H]1C(=O)OCCc1ccccn1. The Morgan fingerprint density at radius 2 is 1.76 bits per heavy atom. The van der Waals surface area contributed by atoms with Crippen LogP contribution in [-0.4, -0.2) is 49.1 Å². The summed E-state index contributed by atoms with van der Waals surface area (Å²) in [6, 6.07) is 11.2. The monoisotopic (exact) mass is 481 g/mol. The summed E-state index contributed by atoms with van der Waals surface area (Å²) in [6.07, 6.45) is 2.28. The molecule has 0 spiro atoms. The van der Waals surface area contributed by atoms with Gasteiger partial charge < -0.3 is 14.6 Å². The van der Waals surface area contributed by atoms with Gasteiger partial charge in [0.05, 0.1) is 31.0 Å². The molecule has 5 rings (SSSR count). The number of carbonyl (C=O) groups is 3. The van der Waals surface area contributed by atoms with E-state index in [4.69, 9.17) is 9.47 Å². The topological polar surface area (TPSA) is 103 Å². The lowest BCUT2D eigenvalue weighted by Gasteiger charge is -2.46. The van der Waals surface area contributed by atoms with E-state index in [0.29, 0.717) is 18.6 Å². The van der Waals surface area contributed by atoms with E-state index in [0.717, 1.165) is 17.3 Å². The van der Waals surface area contributed by atoms with E-state index in [1.807, 2.05) is 18.2 Å². The third-order valence-corrected chi connectivity index (χ3v) is 8.43. The number of phenolic OH excluding ortho intramolecular Hbond substituents is 1. The van der Waals surface area contributed by atoms with Gasteiger partial charge in [-0.1, -0.05) is 31.8 Å². The summed E-state index contributed by atoms with van der Waals surface area (Å²) in [6.45, 7) is 7.01. The Morgan fingerprint density at radius 3 is 2.47 bits per heavy atom. The second-order valence-corrected chi connectivity index (χ2v) is 16.0. The Hall–Kier alpha value is -3.00. The number of hydrogen-bond donors (Lipinski definition) is 1. The number of rotatable bonds is 8. The highest BCUT2D eigenvalue weighted by molar-refractivity contribution is 6.76. The molecule has 0 aliphatic heterocycles. The summed E-state index contributed by atoms with van der Waals surface area (Å²) >= 11 is 0. The third-order valence-electron chi connectivity index (χ3n) is 6.72. The highest BCUT2D eigenvalue weighted by Gasteiger charge is 2.57. The molecule has 3 aliphatic carbocycles. The minimum Gasteiger partial charge on any atom is -0.508 e. The Bertz CT molecular complexity index is 1080. The number of esters is 2. The van der Waals surface area contributed by atoms with Crippen LogP contribution in [0.15, 0.2) is 42.6 Å². The van der Waals surface area contributed by atoms with E-state index in [1.54, 1.807) is 18.3 Å². The quantitative estimate of drug-likeness (QED) is 0.451. The standard InChI is InChI=1S/C26H31NO6Si/c1-34(2,3)13-12-33-25(30)23-20-15-21(29)22(19-14-17(28)7-8-18(19)20)24(23)26(31)32-11-9-16-6-4-5-10-27-16/h4-8,10,14,20,22-24,28H,9,11-13,15H2,1-3H3/t20?,22-,23-,24-/m1/s1. The number of aromatic nitrogens is 1. The summed E-state index contributed by atoms with van der Waals surface area (Å²) in [4.78, 5) is 43.8. The highest BCUT2D eigenvalue weighted by Crippen LogP contribution is 2.55. The first-order chi connectivity index (χ1) is 16.2. The highest BCUT2D eigenvalue weighted by atomic mass is 28.3. The molecule has 3 aliphatic rings. The number of pyridine rings is 1. The zero-order chi connectivity index (χ0) is 24.5. The normalized spacial score (nSPS) is 23.3. The molecule has 1 saturated carbocycles. The first-order valence-electron chi connectivity index (χ1n) is 11.7. The van der Waals surface area contributed by atoms with Crippen molar-refractivity contribution < 1.29 is 29.0 Å². The van der Waals surface area contributed by atoms with Crippen LogP contribution in [0.3, 0.4) is 0 Å². The summed E-state index contributed by atoms with van der Waals surface area (Å²) in [5.74, 6) is -4.18. The van der Waals surface area contributed by atoms with Gasteiger partial charge in [-0.05, 0) is 41.4 Å². The maximum Gasteiger partial charge on any atom is 0.310 e. The molecule has 34 heavy (non-hydrogen) atoms. The molecule has 1 aromatic carbocycles. The lowest BCUT2D eigenvalue weighted by atomic mass is 9.55. The van der Waals surface area contributed by atoms with Crippen molar-refractivity contribution in [1.82, 2.24) is 4.98 Å². The summed E-state index contributed by atoms with van der Waals surface area (Å²) < 4.78 is 11.2. The summed E-state index contributed by atoms with van der Waals surface area (Å²) in [7, 11) is -1.41. The molecule has 7 nitrogen and oxygen atoms in total. The van der Waals surface area contributed by atoms with E-state index >= 15 is 0 Å². The fourth-order valence-electron chi connectivity index (χ4n) is 5.01. The number of carbonyl (C=O) groups excluding carboxylic acids is 3. The van der Waals surface area contributed by atoms with Crippen LogP contribution in [0, 0.1) is 11.8 Å². The lowest BCUT2D eigenvalue weighted by molar-refractivity contribution is -0.167. The van der Waals surface area contributed by atoms with Crippen molar-refractivity contribution in [2.75, 3.05) is 13.2 Å². The van der Waals surface area contributed by atoms with Crippen LogP contribution in [-0.2, 0) is 30.3 Å². The van der Waals surface area contributed by atoms with Gasteiger partial charge in [0, 0.05) is 38.7 Å². The van der Waals surface area contributed by atoms with E-state index in [9.17, 15) is 19.5 Å². The molecule has 0 saturated heterocycles. The van der Waals surface area contributed by atoms with Gasteiger partial charge in [-0.2, -0.15) is 0 Å². The van der Waals surface area contributed by atoms with Gasteiger partial charge in [0.25, 0.3) is 0 Å². The van der Waals surface area contributed by atoms with Gasteiger partial charge in [-0.15, -0.1) is 0 Å². The van der Waals surface area contributed by atoms with Gasteiger partial charge in [-0.25, -0.2) is 0 Å². The number of nitrogens with zero attached hydrogens (tertiary/aromatic N) is 1. The number of fused-ring (bicyclic) bond motifs is 2. The Morgan fingerprint density at radius 1 is 1.03 bits per heavy atom.